The first-order chi connectivity index (χ1) is 10.1. The van der Waals surface area contributed by atoms with Gasteiger partial charge in [-0.1, -0.05) is 30.3 Å². The molecule has 1 aromatic rings. The number of nitrogens with two attached hydrogens (primary N) is 1. The van der Waals surface area contributed by atoms with Gasteiger partial charge in [0.15, 0.2) is 0 Å². The van der Waals surface area contributed by atoms with E-state index in [4.69, 9.17) is 5.73 Å². The van der Waals surface area contributed by atoms with Gasteiger partial charge in [-0.3, -0.25) is 9.59 Å². The van der Waals surface area contributed by atoms with E-state index in [1.165, 1.54) is 0 Å². The van der Waals surface area contributed by atoms with Crippen molar-refractivity contribution in [3.05, 3.63) is 35.9 Å². The molecule has 0 spiro atoms. The lowest BCUT2D eigenvalue weighted by Gasteiger charge is -2.35. The fraction of sp³-hybridized carbons (Fsp3) is 0.500. The van der Waals surface area contributed by atoms with Crippen molar-refractivity contribution in [2.24, 2.45) is 5.73 Å². The molecule has 2 amide bonds. The number of carbonyl (C=O) groups is 2. The minimum atomic E-state index is -0.576. The third-order valence-corrected chi connectivity index (χ3v) is 4.17. The molecule has 5 heteroatoms. The molecule has 1 saturated heterocycles. The molecule has 1 aliphatic carbocycles. The fourth-order valence-corrected chi connectivity index (χ4v) is 2.84. The Hall–Kier alpha value is -1.88. The summed E-state index contributed by atoms with van der Waals surface area (Å²) in [4.78, 5) is 27.9. The summed E-state index contributed by atoms with van der Waals surface area (Å²) in [6.45, 7) is 1.43. The lowest BCUT2D eigenvalue weighted by molar-refractivity contribution is -0.146. The molecule has 21 heavy (non-hydrogen) atoms. The number of carbonyl (C=O) groups excluding carboxylic acids is 2. The first-order valence-corrected chi connectivity index (χ1v) is 7.53. The molecule has 2 N–H and O–H groups in total. The van der Waals surface area contributed by atoms with E-state index >= 15 is 0 Å². The van der Waals surface area contributed by atoms with E-state index in [1.54, 1.807) is 4.90 Å². The normalized spacial score (nSPS) is 20.5. The predicted molar refractivity (Wildman–Crippen MR) is 79.4 cm³/mol. The molecule has 1 saturated carbocycles. The second kappa shape index (κ2) is 5.85. The summed E-state index contributed by atoms with van der Waals surface area (Å²) >= 11 is 0. The number of piperazine rings is 1. The molecule has 0 unspecified atom stereocenters. The van der Waals surface area contributed by atoms with Crippen molar-refractivity contribution in [1.29, 1.82) is 0 Å². The van der Waals surface area contributed by atoms with Crippen molar-refractivity contribution in [3.8, 4) is 0 Å². The highest BCUT2D eigenvalue weighted by Crippen LogP contribution is 2.28. The van der Waals surface area contributed by atoms with Gasteiger partial charge in [0.2, 0.25) is 11.8 Å². The van der Waals surface area contributed by atoms with Gasteiger partial charge in [-0.25, -0.2) is 0 Å². The van der Waals surface area contributed by atoms with Crippen molar-refractivity contribution in [2.45, 2.75) is 31.3 Å². The molecule has 1 aromatic carbocycles. The summed E-state index contributed by atoms with van der Waals surface area (Å²) < 4.78 is 0. The maximum absolute atomic E-state index is 12.4. The zero-order valence-corrected chi connectivity index (χ0v) is 12.1. The van der Waals surface area contributed by atoms with Gasteiger partial charge in [0.1, 0.15) is 0 Å². The number of nitrogens with zero attached hydrogens (tertiary/aromatic N) is 2. The minimum absolute atomic E-state index is 0.0593. The largest absolute Gasteiger partial charge is 0.336 e. The van der Waals surface area contributed by atoms with E-state index in [9.17, 15) is 9.59 Å². The smallest absolute Gasteiger partial charge is 0.242 e. The van der Waals surface area contributed by atoms with Crippen LogP contribution in [0.5, 0.6) is 0 Å². The van der Waals surface area contributed by atoms with E-state index in [0.717, 1.165) is 18.4 Å². The predicted octanol–water partition coefficient (Wildman–Crippen LogP) is 0.390. The molecular formula is C16H21N3O2. The highest BCUT2D eigenvalue weighted by molar-refractivity contribution is 5.88. The summed E-state index contributed by atoms with van der Waals surface area (Å²) in [5.41, 5.74) is 7.06. The van der Waals surface area contributed by atoms with Crippen molar-refractivity contribution < 1.29 is 9.59 Å². The first kappa shape index (κ1) is 14.1. The number of benzene rings is 1. The Morgan fingerprint density at radius 3 is 2.57 bits per heavy atom. The lowest BCUT2D eigenvalue weighted by atomic mass is 10.1. The van der Waals surface area contributed by atoms with Gasteiger partial charge in [-0.15, -0.1) is 0 Å². The van der Waals surface area contributed by atoms with Crippen LogP contribution in [0.3, 0.4) is 0 Å². The van der Waals surface area contributed by atoms with Gasteiger partial charge in [-0.05, 0) is 24.8 Å². The number of hydrogen-bond acceptors (Lipinski definition) is 3. The summed E-state index contributed by atoms with van der Waals surface area (Å²) in [6.07, 6.45) is 2.72. The Morgan fingerprint density at radius 1 is 1.24 bits per heavy atom. The Labute approximate surface area is 124 Å². The highest BCUT2D eigenvalue weighted by atomic mass is 16.2. The number of hydrogen-bond donors (Lipinski definition) is 1. The Bertz CT molecular complexity index is 528. The van der Waals surface area contributed by atoms with Crippen LogP contribution in [0, 0.1) is 0 Å². The molecule has 1 atom stereocenters. The molecular weight excluding hydrogens is 266 g/mol. The van der Waals surface area contributed by atoms with E-state index in [-0.39, 0.29) is 18.4 Å². The van der Waals surface area contributed by atoms with Crippen LogP contribution in [-0.2, 0) is 16.0 Å². The Morgan fingerprint density at radius 2 is 1.95 bits per heavy atom. The minimum Gasteiger partial charge on any atom is -0.336 e. The molecule has 1 aliphatic heterocycles. The van der Waals surface area contributed by atoms with Crippen molar-refractivity contribution in [1.82, 2.24) is 9.80 Å². The van der Waals surface area contributed by atoms with Crippen LogP contribution in [0.25, 0.3) is 0 Å². The van der Waals surface area contributed by atoms with Gasteiger partial charge in [-0.2, -0.15) is 0 Å². The van der Waals surface area contributed by atoms with Crippen LogP contribution >= 0.6 is 0 Å². The van der Waals surface area contributed by atoms with Crippen LogP contribution in [0.2, 0.25) is 0 Å². The molecule has 112 valence electrons. The highest BCUT2D eigenvalue weighted by Gasteiger charge is 2.37. The van der Waals surface area contributed by atoms with Gasteiger partial charge in [0.25, 0.3) is 0 Å². The Kier molecular flexibility index (Phi) is 3.92. The molecule has 0 radical (unpaired) electrons. The SMILES string of the molecule is N[C@@H](Cc1ccccc1)C(=O)N1CCN(C2CC2)C(=O)C1. The van der Waals surface area contributed by atoms with Crippen molar-refractivity contribution in [2.75, 3.05) is 19.6 Å². The van der Waals surface area contributed by atoms with Crippen LogP contribution < -0.4 is 5.73 Å². The maximum atomic E-state index is 12.4. The van der Waals surface area contributed by atoms with Crippen molar-refractivity contribution >= 4 is 11.8 Å². The molecule has 2 fully saturated rings. The van der Waals surface area contributed by atoms with Crippen LogP contribution in [-0.4, -0.2) is 53.3 Å². The van der Waals surface area contributed by atoms with Crippen LogP contribution in [0.1, 0.15) is 18.4 Å². The number of rotatable bonds is 4. The average Bonchev–Trinajstić information content (AvgIpc) is 3.32. The van der Waals surface area contributed by atoms with E-state index < -0.39 is 6.04 Å². The summed E-state index contributed by atoms with van der Waals surface area (Å²) in [5, 5.41) is 0. The molecule has 0 bridgehead atoms. The van der Waals surface area contributed by atoms with Gasteiger partial charge < -0.3 is 15.5 Å². The monoisotopic (exact) mass is 287 g/mol. The van der Waals surface area contributed by atoms with E-state index in [2.05, 4.69) is 0 Å². The van der Waals surface area contributed by atoms with Gasteiger partial charge in [0.05, 0.1) is 12.6 Å². The average molecular weight is 287 g/mol. The standard InChI is InChI=1S/C16H21N3O2/c17-14(10-12-4-2-1-3-5-12)16(21)18-8-9-19(13-6-7-13)15(20)11-18/h1-5,13-14H,6-11,17H2/t14-/m0/s1. The topological polar surface area (TPSA) is 66.6 Å². The summed E-state index contributed by atoms with van der Waals surface area (Å²) in [7, 11) is 0. The maximum Gasteiger partial charge on any atom is 0.242 e. The first-order valence-electron chi connectivity index (χ1n) is 7.53. The zero-order valence-electron chi connectivity index (χ0n) is 12.1. The third-order valence-electron chi connectivity index (χ3n) is 4.17. The van der Waals surface area contributed by atoms with Crippen LogP contribution in [0.15, 0.2) is 30.3 Å². The molecule has 2 aliphatic rings. The quantitative estimate of drug-likeness (QED) is 0.871. The molecule has 3 rings (SSSR count). The molecule has 1 heterocycles. The van der Waals surface area contributed by atoms with E-state index in [1.807, 2.05) is 35.2 Å². The number of amides is 2. The van der Waals surface area contributed by atoms with Gasteiger partial charge in [0, 0.05) is 19.1 Å². The summed E-state index contributed by atoms with van der Waals surface area (Å²) in [5.74, 6) is -0.0633. The fourth-order valence-electron chi connectivity index (χ4n) is 2.84. The van der Waals surface area contributed by atoms with Gasteiger partial charge >= 0.3 is 0 Å². The second-order valence-electron chi connectivity index (χ2n) is 5.87. The molecule has 0 aromatic heterocycles. The lowest BCUT2D eigenvalue weighted by Crippen LogP contribution is -2.56. The second-order valence-corrected chi connectivity index (χ2v) is 5.87. The summed E-state index contributed by atoms with van der Waals surface area (Å²) in [6, 6.07) is 9.58. The van der Waals surface area contributed by atoms with E-state index in [0.29, 0.717) is 25.6 Å². The Balaban J connectivity index is 1.56. The van der Waals surface area contributed by atoms with Crippen LogP contribution in [0.4, 0.5) is 0 Å². The zero-order chi connectivity index (χ0) is 14.8. The van der Waals surface area contributed by atoms with Crippen molar-refractivity contribution in [3.63, 3.8) is 0 Å². The third kappa shape index (κ3) is 3.24. The molecule has 5 nitrogen and oxygen atoms in total.